The molecule has 1 atom stereocenters. The lowest BCUT2D eigenvalue weighted by Gasteiger charge is -2.10. The number of hydrogen-bond acceptors (Lipinski definition) is 7. The molecule has 9 heteroatoms. The van der Waals surface area contributed by atoms with E-state index in [2.05, 4.69) is 15.0 Å². The number of carbonyl (C=O) groups excluding carboxylic acids is 2. The van der Waals surface area contributed by atoms with E-state index in [0.29, 0.717) is 11.7 Å². The van der Waals surface area contributed by atoms with Crippen LogP contribution >= 0.6 is 11.8 Å². The number of ether oxygens (including phenoxy) is 1. The van der Waals surface area contributed by atoms with Crippen LogP contribution in [0, 0.1) is 0 Å². The van der Waals surface area contributed by atoms with E-state index in [0.717, 1.165) is 12.9 Å². The lowest BCUT2D eigenvalue weighted by atomic mass is 10.3. The molecule has 0 saturated carbocycles. The number of amides is 1. The van der Waals surface area contributed by atoms with E-state index >= 15 is 0 Å². The highest BCUT2D eigenvalue weighted by atomic mass is 32.2. The third kappa shape index (κ3) is 2.83. The molecule has 0 aromatic carbocycles. The molecule has 0 radical (unpaired) electrons. The van der Waals surface area contributed by atoms with Crippen LogP contribution in [0.4, 0.5) is 0 Å². The third-order valence-electron chi connectivity index (χ3n) is 2.73. The van der Waals surface area contributed by atoms with Gasteiger partial charge in [-0.3, -0.25) is 14.2 Å². The number of thioether (sulfide) groups is 1. The summed E-state index contributed by atoms with van der Waals surface area (Å²) in [6.07, 6.45) is -0.267. The van der Waals surface area contributed by atoms with E-state index in [9.17, 15) is 19.5 Å². The smallest absolute Gasteiger partial charge is 0.336 e. The first kappa shape index (κ1) is 14.5. The summed E-state index contributed by atoms with van der Waals surface area (Å²) in [5.74, 6) is -0.794. The van der Waals surface area contributed by atoms with Crippen LogP contribution in [0.15, 0.2) is 16.1 Å². The minimum Gasteiger partial charge on any atom is -0.467 e. The first-order valence-electron chi connectivity index (χ1n) is 5.81. The van der Waals surface area contributed by atoms with Crippen molar-refractivity contribution in [2.24, 2.45) is 0 Å². The van der Waals surface area contributed by atoms with E-state index in [-0.39, 0.29) is 12.1 Å². The fourth-order valence-electron chi connectivity index (χ4n) is 1.68. The van der Waals surface area contributed by atoms with Gasteiger partial charge in [0, 0.05) is 18.5 Å². The molecular formula is C11H13N3O5S. The molecule has 108 valence electrons. The number of carbonyl (C=O) groups is 2. The Morgan fingerprint density at radius 2 is 2.40 bits per heavy atom. The normalized spacial score (nSPS) is 14.5. The fourth-order valence-corrected chi connectivity index (χ4v) is 2.59. The Morgan fingerprint density at radius 3 is 3.10 bits per heavy atom. The van der Waals surface area contributed by atoms with E-state index in [1.165, 1.54) is 22.5 Å². The standard InChI is InChI=1S/C11H13N3O5S/c1-19-10(18)7(15)5-12-8(16)6-4-13-11-14(9(6)17)2-3-20-11/h4,7,15H,2-3,5H2,1H3,(H,12,16). The predicted octanol–water partition coefficient (Wildman–Crippen LogP) is -1.39. The molecule has 2 heterocycles. The van der Waals surface area contributed by atoms with Crippen molar-refractivity contribution < 1.29 is 19.4 Å². The molecule has 1 unspecified atom stereocenters. The number of nitrogens with zero attached hydrogens (tertiary/aromatic N) is 2. The Labute approximate surface area is 118 Å². The second-order valence-corrected chi connectivity index (χ2v) is 5.07. The highest BCUT2D eigenvalue weighted by Crippen LogP contribution is 2.20. The van der Waals surface area contributed by atoms with Gasteiger partial charge in [-0.2, -0.15) is 0 Å². The first-order chi connectivity index (χ1) is 9.54. The lowest BCUT2D eigenvalue weighted by Crippen LogP contribution is -2.40. The highest BCUT2D eigenvalue weighted by Gasteiger charge is 2.21. The van der Waals surface area contributed by atoms with Crippen LogP contribution in [0.5, 0.6) is 0 Å². The summed E-state index contributed by atoms with van der Waals surface area (Å²) in [7, 11) is 1.13. The molecule has 0 bridgehead atoms. The van der Waals surface area contributed by atoms with Gasteiger partial charge in [-0.1, -0.05) is 11.8 Å². The van der Waals surface area contributed by atoms with Gasteiger partial charge in [0.1, 0.15) is 5.56 Å². The number of fused-ring (bicyclic) bond motifs is 1. The summed E-state index contributed by atoms with van der Waals surface area (Å²) in [6.45, 7) is 0.180. The van der Waals surface area contributed by atoms with Crippen molar-refractivity contribution in [2.75, 3.05) is 19.4 Å². The van der Waals surface area contributed by atoms with Gasteiger partial charge in [0.25, 0.3) is 11.5 Å². The molecule has 1 aromatic heterocycles. The van der Waals surface area contributed by atoms with Gasteiger partial charge in [0.2, 0.25) is 0 Å². The van der Waals surface area contributed by atoms with Crippen LogP contribution in [0.1, 0.15) is 10.4 Å². The van der Waals surface area contributed by atoms with Gasteiger partial charge in [-0.05, 0) is 0 Å². The molecule has 1 aliphatic heterocycles. The zero-order valence-electron chi connectivity index (χ0n) is 10.7. The summed E-state index contributed by atoms with van der Waals surface area (Å²) in [4.78, 5) is 38.9. The average Bonchev–Trinajstić information content (AvgIpc) is 2.93. The van der Waals surface area contributed by atoms with Crippen molar-refractivity contribution in [3.63, 3.8) is 0 Å². The number of aromatic nitrogens is 2. The SMILES string of the molecule is COC(=O)C(O)CNC(=O)c1cnc2n(c1=O)CCS2. The van der Waals surface area contributed by atoms with Crippen LogP contribution < -0.4 is 10.9 Å². The molecule has 0 spiro atoms. The molecule has 2 N–H and O–H groups in total. The number of esters is 1. The molecule has 0 saturated heterocycles. The summed E-state index contributed by atoms with van der Waals surface area (Å²) in [5.41, 5.74) is -0.543. The van der Waals surface area contributed by atoms with Gasteiger partial charge in [-0.15, -0.1) is 0 Å². The average molecular weight is 299 g/mol. The Hall–Kier alpha value is -1.87. The second kappa shape index (κ2) is 6.06. The molecule has 8 nitrogen and oxygen atoms in total. The highest BCUT2D eigenvalue weighted by molar-refractivity contribution is 7.99. The first-order valence-corrected chi connectivity index (χ1v) is 6.80. The van der Waals surface area contributed by atoms with Crippen LogP contribution in [-0.4, -0.2) is 52.0 Å². The van der Waals surface area contributed by atoms with Crippen LogP contribution in [0.3, 0.4) is 0 Å². The molecule has 0 fully saturated rings. The van der Waals surface area contributed by atoms with Crippen molar-refractivity contribution in [2.45, 2.75) is 17.8 Å². The summed E-state index contributed by atoms with van der Waals surface area (Å²) in [6, 6.07) is 0. The Bertz CT molecular complexity index is 600. The Balaban J connectivity index is 2.07. The zero-order valence-corrected chi connectivity index (χ0v) is 11.5. The summed E-state index contributed by atoms with van der Waals surface area (Å²) >= 11 is 1.45. The van der Waals surface area contributed by atoms with E-state index < -0.39 is 23.5 Å². The second-order valence-electron chi connectivity index (χ2n) is 4.01. The topological polar surface area (TPSA) is 111 Å². The number of hydrogen-bond donors (Lipinski definition) is 2. The quantitative estimate of drug-likeness (QED) is 0.520. The zero-order chi connectivity index (χ0) is 14.7. The monoisotopic (exact) mass is 299 g/mol. The van der Waals surface area contributed by atoms with E-state index in [1.54, 1.807) is 0 Å². The minimum atomic E-state index is -1.47. The summed E-state index contributed by atoms with van der Waals surface area (Å²) < 4.78 is 5.74. The van der Waals surface area contributed by atoms with Crippen molar-refractivity contribution in [3.8, 4) is 0 Å². The molecule has 1 amide bonds. The number of methoxy groups -OCH3 is 1. The largest absolute Gasteiger partial charge is 0.467 e. The van der Waals surface area contributed by atoms with Gasteiger partial charge in [-0.25, -0.2) is 9.78 Å². The van der Waals surface area contributed by atoms with Crippen molar-refractivity contribution in [1.82, 2.24) is 14.9 Å². The van der Waals surface area contributed by atoms with Crippen LogP contribution in [0.2, 0.25) is 0 Å². The van der Waals surface area contributed by atoms with Crippen molar-refractivity contribution in [1.29, 1.82) is 0 Å². The van der Waals surface area contributed by atoms with E-state index in [1.807, 2.05) is 0 Å². The van der Waals surface area contributed by atoms with Gasteiger partial charge >= 0.3 is 5.97 Å². The predicted molar refractivity (Wildman–Crippen MR) is 69.6 cm³/mol. The molecule has 0 aliphatic carbocycles. The Morgan fingerprint density at radius 1 is 1.65 bits per heavy atom. The maximum absolute atomic E-state index is 12.0. The minimum absolute atomic E-state index is 0.117. The van der Waals surface area contributed by atoms with Gasteiger partial charge in [0.05, 0.1) is 13.7 Å². The Kier molecular flexibility index (Phi) is 4.40. The number of rotatable bonds is 4. The lowest BCUT2D eigenvalue weighted by molar-refractivity contribution is -0.149. The maximum atomic E-state index is 12.0. The third-order valence-corrected chi connectivity index (χ3v) is 3.70. The number of nitrogens with one attached hydrogen (secondary N) is 1. The van der Waals surface area contributed by atoms with Gasteiger partial charge < -0.3 is 15.2 Å². The van der Waals surface area contributed by atoms with Crippen LogP contribution in [0.25, 0.3) is 0 Å². The maximum Gasteiger partial charge on any atom is 0.336 e. The molecule has 20 heavy (non-hydrogen) atoms. The molecular weight excluding hydrogens is 286 g/mol. The number of aliphatic hydroxyl groups is 1. The molecule has 2 rings (SSSR count). The van der Waals surface area contributed by atoms with Crippen molar-refractivity contribution in [3.05, 3.63) is 22.1 Å². The molecule has 1 aromatic rings. The van der Waals surface area contributed by atoms with E-state index in [4.69, 9.17) is 0 Å². The summed E-state index contributed by atoms with van der Waals surface area (Å²) in [5, 5.41) is 12.2. The molecule has 1 aliphatic rings. The van der Waals surface area contributed by atoms with Crippen molar-refractivity contribution >= 4 is 23.6 Å². The fraction of sp³-hybridized carbons (Fsp3) is 0.455. The van der Waals surface area contributed by atoms with Crippen LogP contribution in [-0.2, 0) is 16.1 Å². The van der Waals surface area contributed by atoms with Gasteiger partial charge in [0.15, 0.2) is 11.3 Å². The number of aliphatic hydroxyl groups excluding tert-OH is 1.